The topological polar surface area (TPSA) is 66.5 Å². The first-order chi connectivity index (χ1) is 4.72. The molecule has 0 bridgehead atoms. The fourth-order valence-electron chi connectivity index (χ4n) is 1.23. The van der Waals surface area contributed by atoms with E-state index in [1.807, 2.05) is 0 Å². The third kappa shape index (κ3) is 2.95. The molecule has 68 valence electrons. The van der Waals surface area contributed by atoms with Gasteiger partial charge in [0.05, 0.1) is 12.7 Å². The van der Waals surface area contributed by atoms with E-state index in [9.17, 15) is 0 Å². The lowest BCUT2D eigenvalue weighted by Gasteiger charge is -2.14. The normalized spacial score (nSPS) is 22.1. The summed E-state index contributed by atoms with van der Waals surface area (Å²) in [5, 5.41) is 17.6. The molecular weight excluding hydrogens is 166 g/mol. The molecular formula is C7H16ClNO2. The van der Waals surface area contributed by atoms with Crippen LogP contribution in [-0.2, 0) is 0 Å². The van der Waals surface area contributed by atoms with E-state index in [0.717, 1.165) is 12.8 Å². The molecule has 0 radical (unpaired) electrons. The largest absolute Gasteiger partial charge is 0.394 e. The van der Waals surface area contributed by atoms with E-state index in [4.69, 9.17) is 15.9 Å². The van der Waals surface area contributed by atoms with Crippen LogP contribution < -0.4 is 5.73 Å². The van der Waals surface area contributed by atoms with Gasteiger partial charge in [-0.05, 0) is 31.2 Å². The summed E-state index contributed by atoms with van der Waals surface area (Å²) in [4.78, 5) is 0. The van der Waals surface area contributed by atoms with Crippen molar-refractivity contribution in [3.8, 4) is 0 Å². The summed E-state index contributed by atoms with van der Waals surface area (Å²) in [5.74, 6) is 0. The molecule has 0 aromatic heterocycles. The van der Waals surface area contributed by atoms with Gasteiger partial charge in [-0.1, -0.05) is 0 Å². The summed E-state index contributed by atoms with van der Waals surface area (Å²) >= 11 is 0. The van der Waals surface area contributed by atoms with Crippen LogP contribution in [0.2, 0.25) is 0 Å². The Labute approximate surface area is 73.0 Å². The Morgan fingerprint density at radius 1 is 1.45 bits per heavy atom. The maximum atomic E-state index is 9.06. The van der Waals surface area contributed by atoms with Crippen LogP contribution in [0.1, 0.15) is 19.3 Å². The number of aliphatic hydroxyl groups excluding tert-OH is 2. The van der Waals surface area contributed by atoms with Gasteiger partial charge in [0.25, 0.3) is 0 Å². The van der Waals surface area contributed by atoms with Crippen LogP contribution in [0, 0.1) is 5.41 Å². The highest BCUT2D eigenvalue weighted by atomic mass is 35.5. The molecule has 1 aliphatic carbocycles. The molecule has 1 atom stereocenters. The van der Waals surface area contributed by atoms with E-state index in [0.29, 0.717) is 13.0 Å². The summed E-state index contributed by atoms with van der Waals surface area (Å²) in [7, 11) is 0. The lowest BCUT2D eigenvalue weighted by atomic mass is 9.99. The lowest BCUT2D eigenvalue weighted by Crippen LogP contribution is -2.24. The quantitative estimate of drug-likeness (QED) is 0.567. The minimum absolute atomic E-state index is 0. The molecule has 11 heavy (non-hydrogen) atoms. The average molecular weight is 182 g/mol. The molecule has 0 heterocycles. The van der Waals surface area contributed by atoms with Gasteiger partial charge in [-0.15, -0.1) is 12.4 Å². The van der Waals surface area contributed by atoms with Crippen LogP contribution in [0.4, 0.5) is 0 Å². The molecule has 1 saturated carbocycles. The first-order valence-corrected chi connectivity index (χ1v) is 3.71. The number of rotatable bonds is 4. The van der Waals surface area contributed by atoms with Gasteiger partial charge in [-0.25, -0.2) is 0 Å². The van der Waals surface area contributed by atoms with E-state index >= 15 is 0 Å². The molecule has 0 amide bonds. The van der Waals surface area contributed by atoms with Crippen molar-refractivity contribution in [3.05, 3.63) is 0 Å². The number of hydrogen-bond donors (Lipinski definition) is 3. The fraction of sp³-hybridized carbons (Fsp3) is 1.00. The van der Waals surface area contributed by atoms with Crippen molar-refractivity contribution < 1.29 is 10.2 Å². The zero-order chi connectivity index (χ0) is 7.61. The van der Waals surface area contributed by atoms with Crippen LogP contribution in [0.15, 0.2) is 0 Å². The SMILES string of the molecule is Cl.NCC1(CC(O)CO)CC1. The Morgan fingerprint density at radius 2 is 2.00 bits per heavy atom. The zero-order valence-corrected chi connectivity index (χ0v) is 7.31. The predicted octanol–water partition coefficient (Wildman–Crippen LogP) is -0.110. The van der Waals surface area contributed by atoms with Crippen molar-refractivity contribution >= 4 is 12.4 Å². The first-order valence-electron chi connectivity index (χ1n) is 3.71. The molecule has 0 saturated heterocycles. The van der Waals surface area contributed by atoms with E-state index in [-0.39, 0.29) is 24.4 Å². The Hall–Kier alpha value is 0.170. The highest BCUT2D eigenvalue weighted by Gasteiger charge is 2.42. The molecule has 0 aliphatic heterocycles. The van der Waals surface area contributed by atoms with Gasteiger partial charge in [0.15, 0.2) is 0 Å². The number of aliphatic hydroxyl groups is 2. The minimum Gasteiger partial charge on any atom is -0.394 e. The van der Waals surface area contributed by atoms with E-state index in [1.54, 1.807) is 0 Å². The van der Waals surface area contributed by atoms with Gasteiger partial charge in [-0.3, -0.25) is 0 Å². The number of nitrogens with two attached hydrogens (primary N) is 1. The second-order valence-electron chi connectivity index (χ2n) is 3.24. The molecule has 1 unspecified atom stereocenters. The fourth-order valence-corrected chi connectivity index (χ4v) is 1.23. The lowest BCUT2D eigenvalue weighted by molar-refractivity contribution is 0.0712. The highest BCUT2D eigenvalue weighted by molar-refractivity contribution is 5.85. The number of hydrogen-bond acceptors (Lipinski definition) is 3. The van der Waals surface area contributed by atoms with Crippen molar-refractivity contribution in [1.82, 2.24) is 0 Å². The van der Waals surface area contributed by atoms with Crippen LogP contribution in [0.3, 0.4) is 0 Å². The molecule has 0 spiro atoms. The smallest absolute Gasteiger partial charge is 0.0776 e. The maximum absolute atomic E-state index is 9.06. The Balaban J connectivity index is 0.000001000. The van der Waals surface area contributed by atoms with Crippen molar-refractivity contribution in [2.45, 2.75) is 25.4 Å². The Bertz CT molecular complexity index is 117. The van der Waals surface area contributed by atoms with E-state index in [2.05, 4.69) is 0 Å². The van der Waals surface area contributed by atoms with Crippen LogP contribution >= 0.6 is 12.4 Å². The monoisotopic (exact) mass is 181 g/mol. The standard InChI is InChI=1S/C7H15NO2.ClH/c8-5-7(1-2-7)3-6(10)4-9;/h6,9-10H,1-5,8H2;1H. The molecule has 1 aliphatic rings. The first kappa shape index (κ1) is 11.2. The van der Waals surface area contributed by atoms with E-state index < -0.39 is 6.10 Å². The van der Waals surface area contributed by atoms with Crippen molar-refractivity contribution in [2.24, 2.45) is 11.1 Å². The Morgan fingerprint density at radius 3 is 2.27 bits per heavy atom. The second-order valence-corrected chi connectivity index (χ2v) is 3.24. The summed E-state index contributed by atoms with van der Waals surface area (Å²) in [5.41, 5.74) is 5.66. The van der Waals surface area contributed by atoms with Gasteiger partial charge < -0.3 is 15.9 Å². The maximum Gasteiger partial charge on any atom is 0.0776 e. The van der Waals surface area contributed by atoms with Crippen LogP contribution in [0.5, 0.6) is 0 Å². The molecule has 0 aromatic carbocycles. The van der Waals surface area contributed by atoms with Crippen molar-refractivity contribution in [2.75, 3.05) is 13.2 Å². The van der Waals surface area contributed by atoms with Gasteiger partial charge in [-0.2, -0.15) is 0 Å². The van der Waals surface area contributed by atoms with E-state index in [1.165, 1.54) is 0 Å². The zero-order valence-electron chi connectivity index (χ0n) is 6.49. The van der Waals surface area contributed by atoms with Crippen LogP contribution in [-0.4, -0.2) is 29.5 Å². The summed E-state index contributed by atoms with van der Waals surface area (Å²) in [6.45, 7) is 0.506. The summed E-state index contributed by atoms with van der Waals surface area (Å²) in [6, 6.07) is 0. The third-order valence-corrected chi connectivity index (χ3v) is 2.27. The average Bonchev–Trinajstić information content (AvgIpc) is 2.70. The molecule has 1 fully saturated rings. The Kier molecular flexibility index (Phi) is 4.32. The van der Waals surface area contributed by atoms with Crippen molar-refractivity contribution in [1.29, 1.82) is 0 Å². The van der Waals surface area contributed by atoms with Gasteiger partial charge >= 0.3 is 0 Å². The van der Waals surface area contributed by atoms with Crippen LogP contribution in [0.25, 0.3) is 0 Å². The van der Waals surface area contributed by atoms with Crippen molar-refractivity contribution in [3.63, 3.8) is 0 Å². The molecule has 4 heteroatoms. The van der Waals surface area contributed by atoms with Gasteiger partial charge in [0.1, 0.15) is 0 Å². The predicted molar refractivity (Wildman–Crippen MR) is 45.7 cm³/mol. The highest BCUT2D eigenvalue weighted by Crippen LogP contribution is 2.48. The minimum atomic E-state index is -0.564. The molecule has 4 N–H and O–H groups in total. The summed E-state index contributed by atoms with van der Waals surface area (Å²) in [6.07, 6.45) is 2.33. The van der Waals surface area contributed by atoms with Gasteiger partial charge in [0.2, 0.25) is 0 Å². The third-order valence-electron chi connectivity index (χ3n) is 2.27. The summed E-state index contributed by atoms with van der Waals surface area (Å²) < 4.78 is 0. The molecule has 3 nitrogen and oxygen atoms in total. The molecule has 1 rings (SSSR count). The number of halogens is 1. The van der Waals surface area contributed by atoms with Gasteiger partial charge in [0, 0.05) is 0 Å². The second kappa shape index (κ2) is 4.26. The molecule has 0 aromatic rings.